The van der Waals surface area contributed by atoms with Crippen LogP contribution in [0.15, 0.2) is 53.1 Å². The SMILES string of the molecule is Nc1ccc2c(c1)CN(C(=O)c1coc3ccccc13)C2. The van der Waals surface area contributed by atoms with Crippen molar-refractivity contribution in [1.29, 1.82) is 0 Å². The summed E-state index contributed by atoms with van der Waals surface area (Å²) in [5.74, 6) is -0.00489. The first-order chi connectivity index (χ1) is 10.2. The number of nitrogen functional groups attached to an aromatic ring is 1. The molecule has 1 aliphatic rings. The maximum Gasteiger partial charge on any atom is 0.258 e. The summed E-state index contributed by atoms with van der Waals surface area (Å²) in [7, 11) is 0. The van der Waals surface area contributed by atoms with Crippen molar-refractivity contribution in [2.75, 3.05) is 5.73 Å². The maximum absolute atomic E-state index is 12.7. The first kappa shape index (κ1) is 12.0. The minimum Gasteiger partial charge on any atom is -0.463 e. The van der Waals surface area contributed by atoms with Crippen molar-refractivity contribution in [2.24, 2.45) is 0 Å². The molecule has 0 fully saturated rings. The Hall–Kier alpha value is -2.75. The number of nitrogens with two attached hydrogens (primary N) is 1. The zero-order chi connectivity index (χ0) is 14.4. The van der Waals surface area contributed by atoms with Crippen molar-refractivity contribution in [2.45, 2.75) is 13.1 Å². The Labute approximate surface area is 121 Å². The van der Waals surface area contributed by atoms with E-state index in [9.17, 15) is 4.79 Å². The van der Waals surface area contributed by atoms with Crippen LogP contribution < -0.4 is 5.73 Å². The van der Waals surface area contributed by atoms with E-state index in [1.165, 1.54) is 0 Å². The number of furan rings is 1. The quantitative estimate of drug-likeness (QED) is 0.695. The number of hydrogen-bond donors (Lipinski definition) is 1. The lowest BCUT2D eigenvalue weighted by Crippen LogP contribution is -2.25. The van der Waals surface area contributed by atoms with Crippen molar-refractivity contribution in [3.05, 3.63) is 65.4 Å². The Kier molecular flexibility index (Phi) is 2.51. The van der Waals surface area contributed by atoms with E-state index < -0.39 is 0 Å². The van der Waals surface area contributed by atoms with Gasteiger partial charge in [-0.05, 0) is 29.3 Å². The van der Waals surface area contributed by atoms with Crippen LogP contribution in [0.4, 0.5) is 5.69 Å². The number of nitrogens with zero attached hydrogens (tertiary/aromatic N) is 1. The van der Waals surface area contributed by atoms with Crippen LogP contribution in [0.3, 0.4) is 0 Å². The molecule has 1 aliphatic heterocycles. The molecule has 1 amide bonds. The first-order valence-corrected chi connectivity index (χ1v) is 6.85. The van der Waals surface area contributed by atoms with Gasteiger partial charge in [-0.25, -0.2) is 0 Å². The van der Waals surface area contributed by atoms with Gasteiger partial charge in [-0.2, -0.15) is 0 Å². The highest BCUT2D eigenvalue weighted by Gasteiger charge is 2.26. The smallest absolute Gasteiger partial charge is 0.258 e. The Morgan fingerprint density at radius 1 is 1.10 bits per heavy atom. The second-order valence-corrected chi connectivity index (χ2v) is 5.33. The predicted octanol–water partition coefficient (Wildman–Crippen LogP) is 3.17. The second-order valence-electron chi connectivity index (χ2n) is 5.33. The van der Waals surface area contributed by atoms with Crippen LogP contribution in [0.5, 0.6) is 0 Å². The predicted molar refractivity (Wildman–Crippen MR) is 80.6 cm³/mol. The number of amides is 1. The van der Waals surface area contributed by atoms with E-state index in [1.54, 1.807) is 6.26 Å². The molecule has 2 N–H and O–H groups in total. The Bertz CT molecular complexity index is 851. The molecule has 104 valence electrons. The van der Waals surface area contributed by atoms with Gasteiger partial charge in [-0.1, -0.05) is 24.3 Å². The maximum atomic E-state index is 12.7. The highest BCUT2D eigenvalue weighted by Crippen LogP contribution is 2.28. The van der Waals surface area contributed by atoms with E-state index in [0.717, 1.165) is 27.8 Å². The molecule has 0 aliphatic carbocycles. The molecule has 1 aromatic heterocycles. The van der Waals surface area contributed by atoms with Crippen LogP contribution in [0.25, 0.3) is 11.0 Å². The molecule has 0 atom stereocenters. The van der Waals surface area contributed by atoms with Gasteiger partial charge >= 0.3 is 0 Å². The molecule has 0 radical (unpaired) electrons. The average molecular weight is 278 g/mol. The van der Waals surface area contributed by atoms with Gasteiger partial charge in [-0.15, -0.1) is 0 Å². The molecule has 2 aromatic carbocycles. The van der Waals surface area contributed by atoms with E-state index in [0.29, 0.717) is 18.7 Å². The standard InChI is InChI=1S/C17H14N2O2/c18-13-6-5-11-8-19(9-12(11)7-13)17(20)15-10-21-16-4-2-1-3-14(15)16/h1-7,10H,8-9,18H2. The van der Waals surface area contributed by atoms with Crippen LogP contribution in [-0.4, -0.2) is 10.8 Å². The van der Waals surface area contributed by atoms with Crippen LogP contribution >= 0.6 is 0 Å². The van der Waals surface area contributed by atoms with Crippen molar-refractivity contribution in [1.82, 2.24) is 4.90 Å². The summed E-state index contributed by atoms with van der Waals surface area (Å²) >= 11 is 0. The van der Waals surface area contributed by atoms with Crippen molar-refractivity contribution in [3.8, 4) is 0 Å². The largest absolute Gasteiger partial charge is 0.463 e. The molecule has 4 nitrogen and oxygen atoms in total. The fourth-order valence-corrected chi connectivity index (χ4v) is 2.87. The molecule has 3 aromatic rings. The normalized spacial score (nSPS) is 13.6. The zero-order valence-electron chi connectivity index (χ0n) is 11.4. The number of carbonyl (C=O) groups excluding carboxylic acids is 1. The molecule has 0 saturated heterocycles. The number of rotatable bonds is 1. The van der Waals surface area contributed by atoms with Gasteiger partial charge in [0.2, 0.25) is 0 Å². The van der Waals surface area contributed by atoms with E-state index in [1.807, 2.05) is 47.4 Å². The molecule has 0 spiro atoms. The zero-order valence-corrected chi connectivity index (χ0v) is 11.4. The van der Waals surface area contributed by atoms with Gasteiger partial charge in [0.1, 0.15) is 11.8 Å². The monoisotopic (exact) mass is 278 g/mol. The third kappa shape index (κ3) is 1.88. The fourth-order valence-electron chi connectivity index (χ4n) is 2.87. The minimum atomic E-state index is -0.00489. The Morgan fingerprint density at radius 2 is 1.90 bits per heavy atom. The van der Waals surface area contributed by atoms with Gasteiger partial charge in [0, 0.05) is 24.2 Å². The third-order valence-electron chi connectivity index (χ3n) is 3.95. The lowest BCUT2D eigenvalue weighted by Gasteiger charge is -2.14. The minimum absolute atomic E-state index is 0.00489. The van der Waals surface area contributed by atoms with Crippen LogP contribution in [-0.2, 0) is 13.1 Å². The summed E-state index contributed by atoms with van der Waals surface area (Å²) < 4.78 is 5.46. The average Bonchev–Trinajstić information content (AvgIpc) is 3.09. The summed E-state index contributed by atoms with van der Waals surface area (Å²) in [6.45, 7) is 1.21. The van der Waals surface area contributed by atoms with E-state index in [-0.39, 0.29) is 5.91 Å². The van der Waals surface area contributed by atoms with Gasteiger partial charge < -0.3 is 15.1 Å². The lowest BCUT2D eigenvalue weighted by molar-refractivity contribution is 0.0752. The first-order valence-electron chi connectivity index (χ1n) is 6.85. The summed E-state index contributed by atoms with van der Waals surface area (Å²) in [6.07, 6.45) is 1.55. The van der Waals surface area contributed by atoms with Gasteiger partial charge in [0.15, 0.2) is 0 Å². The van der Waals surface area contributed by atoms with Crippen LogP contribution in [0.2, 0.25) is 0 Å². The summed E-state index contributed by atoms with van der Waals surface area (Å²) in [5, 5.41) is 0.859. The van der Waals surface area contributed by atoms with Crippen LogP contribution in [0, 0.1) is 0 Å². The van der Waals surface area contributed by atoms with Crippen LogP contribution in [0.1, 0.15) is 21.5 Å². The molecule has 21 heavy (non-hydrogen) atoms. The number of fused-ring (bicyclic) bond motifs is 2. The molecular formula is C17H14N2O2. The molecule has 2 heterocycles. The highest BCUT2D eigenvalue weighted by molar-refractivity contribution is 6.06. The molecule has 0 bridgehead atoms. The summed E-state index contributed by atoms with van der Waals surface area (Å²) in [4.78, 5) is 14.5. The second kappa shape index (κ2) is 4.38. The molecular weight excluding hydrogens is 264 g/mol. The van der Waals surface area contributed by atoms with E-state index in [4.69, 9.17) is 10.2 Å². The van der Waals surface area contributed by atoms with Crippen molar-refractivity contribution in [3.63, 3.8) is 0 Å². The van der Waals surface area contributed by atoms with Crippen molar-refractivity contribution >= 4 is 22.6 Å². The van der Waals surface area contributed by atoms with Gasteiger partial charge in [0.05, 0.1) is 5.56 Å². The van der Waals surface area contributed by atoms with E-state index in [2.05, 4.69) is 0 Å². The summed E-state index contributed by atoms with van der Waals surface area (Å²) in [6, 6.07) is 13.4. The summed E-state index contributed by atoms with van der Waals surface area (Å²) in [5.41, 5.74) is 10.2. The lowest BCUT2D eigenvalue weighted by atomic mass is 10.1. The van der Waals surface area contributed by atoms with Gasteiger partial charge in [0.25, 0.3) is 5.91 Å². The number of anilines is 1. The number of hydrogen-bond acceptors (Lipinski definition) is 3. The number of carbonyl (C=O) groups is 1. The van der Waals surface area contributed by atoms with Crippen molar-refractivity contribution < 1.29 is 9.21 Å². The van der Waals surface area contributed by atoms with Gasteiger partial charge in [-0.3, -0.25) is 4.79 Å². The number of benzene rings is 2. The molecule has 4 rings (SSSR count). The molecule has 0 saturated carbocycles. The molecule has 0 unspecified atom stereocenters. The fraction of sp³-hybridized carbons (Fsp3) is 0.118. The van der Waals surface area contributed by atoms with E-state index >= 15 is 0 Å². The Morgan fingerprint density at radius 3 is 2.81 bits per heavy atom. The molecule has 4 heteroatoms. The third-order valence-corrected chi connectivity index (χ3v) is 3.95. The topological polar surface area (TPSA) is 59.5 Å². The highest BCUT2D eigenvalue weighted by atomic mass is 16.3. The Balaban J connectivity index is 1.68. The number of para-hydroxylation sites is 1.